The number of carboxylic acid groups (broad SMARTS) is 1. The fourth-order valence-corrected chi connectivity index (χ4v) is 2.67. The first-order valence-corrected chi connectivity index (χ1v) is 7.40. The summed E-state index contributed by atoms with van der Waals surface area (Å²) in [6.07, 6.45) is 1.18. The van der Waals surface area contributed by atoms with Crippen molar-refractivity contribution >= 4 is 11.8 Å². The molecule has 0 aliphatic carbocycles. The van der Waals surface area contributed by atoms with E-state index in [0.29, 0.717) is 44.6 Å². The second kappa shape index (κ2) is 7.22. The number of Topliss-reactive ketones (excluding diaryl/α,β-unsaturated/α-hetero) is 1. The number of benzene rings is 1. The Morgan fingerprint density at radius 3 is 2.38 bits per heavy atom. The SMILES string of the molecule is CCOc1ccc(C(=O)C[NH+]2CCC(C(=O)[O-])CC2)cc1. The van der Waals surface area contributed by atoms with Crippen LogP contribution in [0.2, 0.25) is 0 Å². The number of carbonyl (C=O) groups is 2. The van der Waals surface area contributed by atoms with E-state index in [1.165, 1.54) is 0 Å². The summed E-state index contributed by atoms with van der Waals surface area (Å²) in [5.74, 6) is -0.475. The summed E-state index contributed by atoms with van der Waals surface area (Å²) in [5.41, 5.74) is 0.674. The number of ether oxygens (including phenoxy) is 1. The first kappa shape index (κ1) is 15.5. The lowest BCUT2D eigenvalue weighted by atomic mass is 9.97. The Hall–Kier alpha value is -1.88. The van der Waals surface area contributed by atoms with E-state index < -0.39 is 5.97 Å². The van der Waals surface area contributed by atoms with E-state index in [1.54, 1.807) is 24.3 Å². The Bertz CT molecular complexity index is 490. The number of rotatable bonds is 6. The van der Waals surface area contributed by atoms with Crippen LogP contribution in [-0.2, 0) is 4.79 Å². The van der Waals surface area contributed by atoms with Crippen LogP contribution in [0.25, 0.3) is 0 Å². The third kappa shape index (κ3) is 4.29. The predicted molar refractivity (Wildman–Crippen MR) is 75.2 cm³/mol. The molecule has 1 saturated heterocycles. The molecule has 1 aromatic carbocycles. The Balaban J connectivity index is 1.86. The van der Waals surface area contributed by atoms with Crippen LogP contribution in [0.3, 0.4) is 0 Å². The summed E-state index contributed by atoms with van der Waals surface area (Å²) < 4.78 is 5.35. The van der Waals surface area contributed by atoms with Crippen molar-refractivity contribution in [3.8, 4) is 5.75 Å². The standard InChI is InChI=1S/C16H21NO4/c1-2-21-14-5-3-12(4-6-14)15(18)11-17-9-7-13(8-10-17)16(19)20/h3-6,13H,2,7-11H2,1H3,(H,19,20). The molecule has 2 rings (SSSR count). The number of quaternary nitrogens is 1. The predicted octanol–water partition coefficient (Wildman–Crippen LogP) is -0.687. The Morgan fingerprint density at radius 1 is 1.24 bits per heavy atom. The van der Waals surface area contributed by atoms with Gasteiger partial charge in [0.2, 0.25) is 5.78 Å². The molecule has 1 aromatic rings. The maximum Gasteiger partial charge on any atom is 0.216 e. The molecule has 0 aromatic heterocycles. The van der Waals surface area contributed by atoms with E-state index in [2.05, 4.69) is 0 Å². The fraction of sp³-hybridized carbons (Fsp3) is 0.500. The average molecular weight is 291 g/mol. The Morgan fingerprint density at radius 2 is 1.86 bits per heavy atom. The molecule has 21 heavy (non-hydrogen) atoms. The first-order valence-electron chi connectivity index (χ1n) is 7.40. The summed E-state index contributed by atoms with van der Waals surface area (Å²) >= 11 is 0. The van der Waals surface area contributed by atoms with Gasteiger partial charge in [0.15, 0.2) is 0 Å². The maximum absolute atomic E-state index is 12.2. The van der Waals surface area contributed by atoms with E-state index in [-0.39, 0.29) is 11.7 Å². The number of hydrogen-bond acceptors (Lipinski definition) is 4. The van der Waals surface area contributed by atoms with Gasteiger partial charge >= 0.3 is 0 Å². The third-order valence-electron chi connectivity index (χ3n) is 3.92. The number of ketones is 1. The van der Waals surface area contributed by atoms with Crippen molar-refractivity contribution in [1.82, 2.24) is 0 Å². The molecule has 1 N–H and O–H groups in total. The van der Waals surface area contributed by atoms with Crippen LogP contribution in [0.1, 0.15) is 30.1 Å². The Kier molecular flexibility index (Phi) is 5.33. The molecular formula is C16H21NO4. The summed E-state index contributed by atoms with van der Waals surface area (Å²) in [7, 11) is 0. The molecule has 0 spiro atoms. The molecule has 5 nitrogen and oxygen atoms in total. The molecule has 0 amide bonds. The van der Waals surface area contributed by atoms with Crippen LogP contribution in [0, 0.1) is 5.92 Å². The highest BCUT2D eigenvalue weighted by molar-refractivity contribution is 5.96. The van der Waals surface area contributed by atoms with Gasteiger partial charge in [-0.1, -0.05) is 0 Å². The molecule has 5 heteroatoms. The van der Waals surface area contributed by atoms with Crippen LogP contribution in [0.5, 0.6) is 5.75 Å². The lowest BCUT2D eigenvalue weighted by Gasteiger charge is -2.29. The zero-order valence-electron chi connectivity index (χ0n) is 12.3. The van der Waals surface area contributed by atoms with Crippen LogP contribution in [0.15, 0.2) is 24.3 Å². The topological polar surface area (TPSA) is 70.9 Å². The van der Waals surface area contributed by atoms with Gasteiger partial charge in [-0.3, -0.25) is 4.79 Å². The van der Waals surface area contributed by atoms with E-state index >= 15 is 0 Å². The maximum atomic E-state index is 12.2. The number of nitrogens with one attached hydrogen (secondary N) is 1. The van der Waals surface area contributed by atoms with E-state index in [1.807, 2.05) is 6.92 Å². The highest BCUT2D eigenvalue weighted by Crippen LogP contribution is 2.12. The van der Waals surface area contributed by atoms with Gasteiger partial charge in [0.1, 0.15) is 12.3 Å². The Labute approximate surface area is 124 Å². The molecule has 1 aliphatic heterocycles. The van der Waals surface area contributed by atoms with Crippen molar-refractivity contribution in [3.05, 3.63) is 29.8 Å². The summed E-state index contributed by atoms with van der Waals surface area (Å²) in [6.45, 7) is 4.35. The van der Waals surface area contributed by atoms with Gasteiger partial charge in [0, 0.05) is 30.3 Å². The van der Waals surface area contributed by atoms with E-state index in [0.717, 1.165) is 10.6 Å². The molecule has 0 atom stereocenters. The minimum atomic E-state index is -0.966. The normalized spacial score (nSPS) is 21.8. The van der Waals surface area contributed by atoms with Crippen molar-refractivity contribution in [3.63, 3.8) is 0 Å². The zero-order chi connectivity index (χ0) is 15.2. The highest BCUT2D eigenvalue weighted by Gasteiger charge is 2.24. The summed E-state index contributed by atoms with van der Waals surface area (Å²) in [5, 5.41) is 10.8. The number of piperidine rings is 1. The molecule has 0 saturated carbocycles. The monoisotopic (exact) mass is 291 g/mol. The van der Waals surface area contributed by atoms with Gasteiger partial charge in [-0.05, 0) is 31.2 Å². The third-order valence-corrected chi connectivity index (χ3v) is 3.92. The van der Waals surface area contributed by atoms with E-state index in [4.69, 9.17) is 4.74 Å². The average Bonchev–Trinajstić information content (AvgIpc) is 2.49. The largest absolute Gasteiger partial charge is 0.550 e. The molecule has 1 heterocycles. The molecule has 0 bridgehead atoms. The number of aliphatic carboxylic acids is 1. The van der Waals surface area contributed by atoms with Gasteiger partial charge in [-0.15, -0.1) is 0 Å². The molecule has 0 unspecified atom stereocenters. The molecular weight excluding hydrogens is 270 g/mol. The van der Waals surface area contributed by atoms with Gasteiger partial charge in [-0.25, -0.2) is 0 Å². The van der Waals surface area contributed by atoms with Crippen molar-refractivity contribution in [1.29, 1.82) is 0 Å². The highest BCUT2D eigenvalue weighted by atomic mass is 16.5. The number of hydrogen-bond donors (Lipinski definition) is 1. The summed E-state index contributed by atoms with van der Waals surface area (Å²) in [6, 6.07) is 7.16. The first-order chi connectivity index (χ1) is 10.1. The minimum absolute atomic E-state index is 0.0833. The van der Waals surface area contributed by atoms with Crippen molar-refractivity contribution in [2.45, 2.75) is 19.8 Å². The zero-order valence-corrected chi connectivity index (χ0v) is 12.3. The fourth-order valence-electron chi connectivity index (χ4n) is 2.67. The molecule has 114 valence electrons. The van der Waals surface area contributed by atoms with Gasteiger partial charge in [0.05, 0.1) is 19.7 Å². The van der Waals surface area contributed by atoms with Crippen LogP contribution in [0.4, 0.5) is 0 Å². The second-order valence-electron chi connectivity index (χ2n) is 5.40. The van der Waals surface area contributed by atoms with Crippen LogP contribution in [-0.4, -0.2) is 38.0 Å². The van der Waals surface area contributed by atoms with Crippen LogP contribution < -0.4 is 14.7 Å². The minimum Gasteiger partial charge on any atom is -0.550 e. The lowest BCUT2D eigenvalue weighted by Crippen LogP contribution is -3.14. The van der Waals surface area contributed by atoms with Gasteiger partial charge in [-0.2, -0.15) is 0 Å². The molecule has 1 fully saturated rings. The smallest absolute Gasteiger partial charge is 0.216 e. The lowest BCUT2D eigenvalue weighted by molar-refractivity contribution is -0.897. The molecule has 1 aliphatic rings. The van der Waals surface area contributed by atoms with Crippen molar-refractivity contribution in [2.75, 3.05) is 26.2 Å². The second-order valence-corrected chi connectivity index (χ2v) is 5.40. The van der Waals surface area contributed by atoms with Gasteiger partial charge < -0.3 is 19.5 Å². The number of carbonyl (C=O) groups excluding carboxylic acids is 2. The van der Waals surface area contributed by atoms with Crippen molar-refractivity contribution < 1.29 is 24.3 Å². The summed E-state index contributed by atoms with van der Waals surface area (Å²) in [4.78, 5) is 24.1. The quantitative estimate of drug-likeness (QED) is 0.705. The number of carboxylic acids is 1. The number of likely N-dealkylation sites (tertiary alicyclic amines) is 1. The van der Waals surface area contributed by atoms with Gasteiger partial charge in [0.25, 0.3) is 0 Å². The van der Waals surface area contributed by atoms with Crippen LogP contribution >= 0.6 is 0 Å². The van der Waals surface area contributed by atoms with E-state index in [9.17, 15) is 14.7 Å². The van der Waals surface area contributed by atoms with Crippen molar-refractivity contribution in [2.24, 2.45) is 5.92 Å². The molecule has 0 radical (unpaired) electrons.